The Labute approximate surface area is 105 Å². The molecule has 1 saturated carbocycles. The maximum atomic E-state index is 10.9. The molecule has 0 amide bonds. The summed E-state index contributed by atoms with van der Waals surface area (Å²) in [5.74, 6) is -0.0537. The summed E-state index contributed by atoms with van der Waals surface area (Å²) in [6, 6.07) is 0.847. The van der Waals surface area contributed by atoms with Gasteiger partial charge in [-0.1, -0.05) is 33.6 Å². The minimum Gasteiger partial charge on any atom is -0.481 e. The number of hydrogen-bond donors (Lipinski definition) is 1. The van der Waals surface area contributed by atoms with E-state index in [4.69, 9.17) is 5.11 Å². The third kappa shape index (κ3) is 4.66. The van der Waals surface area contributed by atoms with Crippen LogP contribution in [0.3, 0.4) is 0 Å². The molecule has 3 nitrogen and oxygen atoms in total. The summed E-state index contributed by atoms with van der Waals surface area (Å²) < 4.78 is 0. The smallest absolute Gasteiger partial charge is 0.304 e. The average Bonchev–Trinajstić information content (AvgIpc) is 2.75. The van der Waals surface area contributed by atoms with E-state index in [2.05, 4.69) is 25.7 Å². The normalized spacial score (nSPS) is 19.1. The zero-order chi connectivity index (χ0) is 12.8. The third-order valence-corrected chi connectivity index (χ3v) is 3.72. The van der Waals surface area contributed by atoms with Crippen LogP contribution in [0.2, 0.25) is 0 Å². The first-order chi connectivity index (χ1) is 8.04. The van der Waals surface area contributed by atoms with Gasteiger partial charge in [0.1, 0.15) is 0 Å². The number of hydrogen-bond acceptors (Lipinski definition) is 2. The molecule has 17 heavy (non-hydrogen) atoms. The molecule has 3 heteroatoms. The van der Waals surface area contributed by atoms with Crippen molar-refractivity contribution in [2.45, 2.75) is 71.4 Å². The Morgan fingerprint density at radius 3 is 2.35 bits per heavy atom. The van der Waals surface area contributed by atoms with Gasteiger partial charge in [-0.15, -0.1) is 0 Å². The minimum absolute atomic E-state index is 0.220. The molecule has 0 aromatic carbocycles. The number of carboxylic acid groups (broad SMARTS) is 1. The number of carboxylic acids is 1. The highest BCUT2D eigenvalue weighted by atomic mass is 16.4. The van der Waals surface area contributed by atoms with E-state index in [1.54, 1.807) is 0 Å². The second-order valence-corrected chi connectivity index (χ2v) is 5.69. The number of carbonyl (C=O) groups is 1. The minimum atomic E-state index is -0.663. The molecule has 0 heterocycles. The van der Waals surface area contributed by atoms with Crippen molar-refractivity contribution in [1.82, 2.24) is 4.90 Å². The lowest BCUT2D eigenvalue weighted by Crippen LogP contribution is -2.44. The van der Waals surface area contributed by atoms with E-state index in [-0.39, 0.29) is 6.04 Å². The molecule has 0 radical (unpaired) electrons. The molecule has 0 aromatic rings. The van der Waals surface area contributed by atoms with Crippen molar-refractivity contribution in [2.24, 2.45) is 5.92 Å². The summed E-state index contributed by atoms with van der Waals surface area (Å²) in [5.41, 5.74) is 0. The first kappa shape index (κ1) is 14.5. The molecule has 1 N–H and O–H groups in total. The van der Waals surface area contributed by atoms with Gasteiger partial charge in [0.25, 0.3) is 0 Å². The predicted octanol–water partition coefficient (Wildman–Crippen LogP) is 3.14. The second kappa shape index (κ2) is 7.00. The van der Waals surface area contributed by atoms with E-state index in [9.17, 15) is 4.79 Å². The highest BCUT2D eigenvalue weighted by Crippen LogP contribution is 2.27. The summed E-state index contributed by atoms with van der Waals surface area (Å²) in [7, 11) is 0. The Bertz CT molecular complexity index is 234. The highest BCUT2D eigenvalue weighted by Gasteiger charge is 2.29. The fourth-order valence-corrected chi connectivity index (χ4v) is 2.95. The summed E-state index contributed by atoms with van der Waals surface area (Å²) in [6.45, 7) is 7.58. The largest absolute Gasteiger partial charge is 0.481 e. The second-order valence-electron chi connectivity index (χ2n) is 5.69. The van der Waals surface area contributed by atoms with Crippen LogP contribution in [0.4, 0.5) is 0 Å². The van der Waals surface area contributed by atoms with E-state index >= 15 is 0 Å². The predicted molar refractivity (Wildman–Crippen MR) is 70.1 cm³/mol. The van der Waals surface area contributed by atoms with E-state index in [1.165, 1.54) is 25.7 Å². The Balaban J connectivity index is 2.67. The van der Waals surface area contributed by atoms with E-state index < -0.39 is 5.97 Å². The van der Waals surface area contributed by atoms with Gasteiger partial charge in [-0.2, -0.15) is 0 Å². The fourth-order valence-electron chi connectivity index (χ4n) is 2.95. The molecule has 0 saturated heterocycles. The summed E-state index contributed by atoms with van der Waals surface area (Å²) in [6.07, 6.45) is 6.35. The van der Waals surface area contributed by atoms with Crippen molar-refractivity contribution < 1.29 is 9.90 Å². The summed E-state index contributed by atoms with van der Waals surface area (Å²) in [5, 5.41) is 9.01. The van der Waals surface area contributed by atoms with Crippen molar-refractivity contribution in [1.29, 1.82) is 0 Å². The Morgan fingerprint density at radius 1 is 1.35 bits per heavy atom. The van der Waals surface area contributed by atoms with Gasteiger partial charge in [0.15, 0.2) is 0 Å². The first-order valence-electron chi connectivity index (χ1n) is 7.02. The van der Waals surface area contributed by atoms with Crippen molar-refractivity contribution in [3.63, 3.8) is 0 Å². The van der Waals surface area contributed by atoms with Crippen molar-refractivity contribution >= 4 is 5.97 Å². The lowest BCUT2D eigenvalue weighted by Gasteiger charge is -2.36. The van der Waals surface area contributed by atoms with Gasteiger partial charge in [-0.05, 0) is 25.2 Å². The molecule has 0 aliphatic heterocycles. The Hall–Kier alpha value is -0.570. The van der Waals surface area contributed by atoms with Crippen LogP contribution in [0, 0.1) is 5.92 Å². The molecule has 100 valence electrons. The van der Waals surface area contributed by atoms with Crippen LogP contribution in [0.1, 0.15) is 59.3 Å². The Kier molecular flexibility index (Phi) is 5.96. The summed E-state index contributed by atoms with van der Waals surface area (Å²) >= 11 is 0. The number of rotatable bonds is 7. The van der Waals surface area contributed by atoms with Crippen LogP contribution in [-0.2, 0) is 4.79 Å². The van der Waals surface area contributed by atoms with Gasteiger partial charge in [0, 0.05) is 18.6 Å². The van der Waals surface area contributed by atoms with Crippen LogP contribution >= 0.6 is 0 Å². The first-order valence-corrected chi connectivity index (χ1v) is 7.02. The average molecular weight is 241 g/mol. The fraction of sp³-hybridized carbons (Fsp3) is 0.929. The molecule has 1 fully saturated rings. The molecule has 1 atom stereocenters. The number of aliphatic carboxylic acids is 1. The standard InChI is InChI=1S/C14H27NO2/c1-4-12(9-14(16)17)15(10-11(2)3)13-7-5-6-8-13/h11-13H,4-10H2,1-3H3,(H,16,17). The molecule has 0 bridgehead atoms. The van der Waals surface area contributed by atoms with Gasteiger partial charge in [-0.25, -0.2) is 0 Å². The zero-order valence-corrected chi connectivity index (χ0v) is 11.5. The topological polar surface area (TPSA) is 40.5 Å². The van der Waals surface area contributed by atoms with Gasteiger partial charge in [-0.3, -0.25) is 9.69 Å². The lowest BCUT2D eigenvalue weighted by molar-refractivity contribution is -0.138. The van der Waals surface area contributed by atoms with E-state index in [0.717, 1.165) is 13.0 Å². The highest BCUT2D eigenvalue weighted by molar-refractivity contribution is 5.67. The van der Waals surface area contributed by atoms with Crippen molar-refractivity contribution in [3.05, 3.63) is 0 Å². The molecule has 0 aromatic heterocycles. The van der Waals surface area contributed by atoms with Crippen molar-refractivity contribution in [2.75, 3.05) is 6.54 Å². The molecule has 0 spiro atoms. The molecular formula is C14H27NO2. The van der Waals surface area contributed by atoms with E-state index in [0.29, 0.717) is 18.4 Å². The maximum Gasteiger partial charge on any atom is 0.304 e. The van der Waals surface area contributed by atoms with E-state index in [1.807, 2.05) is 0 Å². The van der Waals surface area contributed by atoms with Crippen molar-refractivity contribution in [3.8, 4) is 0 Å². The monoisotopic (exact) mass is 241 g/mol. The summed E-state index contributed by atoms with van der Waals surface area (Å²) in [4.78, 5) is 13.4. The molecule has 1 aliphatic rings. The van der Waals surface area contributed by atoms with Crippen LogP contribution < -0.4 is 0 Å². The maximum absolute atomic E-state index is 10.9. The van der Waals surface area contributed by atoms with Crippen LogP contribution in [0.5, 0.6) is 0 Å². The van der Waals surface area contributed by atoms with Gasteiger partial charge in [0.2, 0.25) is 0 Å². The van der Waals surface area contributed by atoms with Crippen LogP contribution in [0.25, 0.3) is 0 Å². The zero-order valence-electron chi connectivity index (χ0n) is 11.5. The lowest BCUT2D eigenvalue weighted by atomic mass is 10.0. The molecule has 1 aliphatic carbocycles. The van der Waals surface area contributed by atoms with Gasteiger partial charge >= 0.3 is 5.97 Å². The molecule has 1 rings (SSSR count). The number of nitrogens with zero attached hydrogens (tertiary/aromatic N) is 1. The SMILES string of the molecule is CCC(CC(=O)O)N(CC(C)C)C1CCCC1. The van der Waals surface area contributed by atoms with Crippen LogP contribution in [0.15, 0.2) is 0 Å². The molecule has 1 unspecified atom stereocenters. The van der Waals surface area contributed by atoms with Gasteiger partial charge in [0.05, 0.1) is 6.42 Å². The quantitative estimate of drug-likeness (QED) is 0.744. The Morgan fingerprint density at radius 2 is 1.94 bits per heavy atom. The van der Waals surface area contributed by atoms with Crippen LogP contribution in [-0.4, -0.2) is 34.6 Å². The molecular weight excluding hydrogens is 214 g/mol. The third-order valence-electron chi connectivity index (χ3n) is 3.72. The van der Waals surface area contributed by atoms with Gasteiger partial charge < -0.3 is 5.11 Å².